The van der Waals surface area contributed by atoms with Gasteiger partial charge in [-0.1, -0.05) is 0 Å². The molecule has 3 rings (SSSR count). The van der Waals surface area contributed by atoms with Gasteiger partial charge in [0.2, 0.25) is 5.91 Å². The highest BCUT2D eigenvalue weighted by Gasteiger charge is 2.20. The zero-order valence-corrected chi connectivity index (χ0v) is 12.3. The maximum atomic E-state index is 11.8. The van der Waals surface area contributed by atoms with Crippen LogP contribution in [0.25, 0.3) is 11.1 Å². The summed E-state index contributed by atoms with van der Waals surface area (Å²) in [4.78, 5) is 18.0. The maximum absolute atomic E-state index is 11.8. The molecule has 2 aromatic rings. The molecule has 1 aliphatic carbocycles. The van der Waals surface area contributed by atoms with Gasteiger partial charge in [0, 0.05) is 19.8 Å². The van der Waals surface area contributed by atoms with Crippen LogP contribution in [0, 0.1) is 5.92 Å². The number of nitrogens with one attached hydrogen (secondary N) is 2. The summed E-state index contributed by atoms with van der Waals surface area (Å²) < 4.78 is 5.58. The van der Waals surface area contributed by atoms with Gasteiger partial charge in [-0.2, -0.15) is 4.98 Å². The van der Waals surface area contributed by atoms with Crippen LogP contribution >= 0.6 is 0 Å². The molecule has 0 saturated heterocycles. The molecule has 1 aliphatic rings. The largest absolute Gasteiger partial charge is 0.423 e. The Morgan fingerprint density at radius 3 is 2.95 bits per heavy atom. The van der Waals surface area contributed by atoms with Crippen molar-refractivity contribution in [3.63, 3.8) is 0 Å². The van der Waals surface area contributed by atoms with Gasteiger partial charge in [0.25, 0.3) is 6.01 Å². The summed E-state index contributed by atoms with van der Waals surface area (Å²) in [6, 6.07) is 6.03. The zero-order valence-electron chi connectivity index (χ0n) is 12.3. The fourth-order valence-electron chi connectivity index (χ4n) is 2.10. The first kappa shape index (κ1) is 13.9. The molecule has 0 spiro atoms. The molecule has 0 atom stereocenters. The third kappa shape index (κ3) is 3.52. The minimum absolute atomic E-state index is 0.0358. The van der Waals surface area contributed by atoms with Gasteiger partial charge in [-0.15, -0.1) is 0 Å². The highest BCUT2D eigenvalue weighted by atomic mass is 16.4. The molecular formula is C15H20N4O2. The van der Waals surface area contributed by atoms with Gasteiger partial charge in [0.15, 0.2) is 5.58 Å². The number of hydrogen-bond acceptors (Lipinski definition) is 5. The molecule has 1 aromatic heterocycles. The second-order valence-corrected chi connectivity index (χ2v) is 5.70. The number of oxazole rings is 1. The molecule has 0 aliphatic heterocycles. The Labute approximate surface area is 123 Å². The van der Waals surface area contributed by atoms with Crippen molar-refractivity contribution in [1.29, 1.82) is 0 Å². The summed E-state index contributed by atoms with van der Waals surface area (Å²) in [5, 5.41) is 6.04. The topological polar surface area (TPSA) is 70.4 Å². The second-order valence-electron chi connectivity index (χ2n) is 5.70. The summed E-state index contributed by atoms with van der Waals surface area (Å²) in [5.41, 5.74) is 2.19. The van der Waals surface area contributed by atoms with E-state index in [1.165, 1.54) is 12.8 Å². The van der Waals surface area contributed by atoms with Crippen LogP contribution < -0.4 is 15.5 Å². The molecule has 1 saturated carbocycles. The highest BCUT2D eigenvalue weighted by molar-refractivity contribution is 5.94. The summed E-state index contributed by atoms with van der Waals surface area (Å²) >= 11 is 0. The number of carbonyl (C=O) groups excluding carboxylic acids is 1. The third-order valence-electron chi connectivity index (χ3n) is 3.46. The molecular weight excluding hydrogens is 268 g/mol. The Balaban J connectivity index is 1.61. The first-order valence-electron chi connectivity index (χ1n) is 7.20. The first-order valence-corrected chi connectivity index (χ1v) is 7.20. The lowest BCUT2D eigenvalue weighted by Crippen LogP contribution is -2.29. The molecule has 112 valence electrons. The lowest BCUT2D eigenvalue weighted by atomic mass is 10.3. The average molecular weight is 288 g/mol. The van der Waals surface area contributed by atoms with E-state index >= 15 is 0 Å². The summed E-state index contributed by atoms with van der Waals surface area (Å²) in [6.45, 7) is 1.28. The predicted molar refractivity (Wildman–Crippen MR) is 82.6 cm³/mol. The number of benzene rings is 1. The van der Waals surface area contributed by atoms with Crippen molar-refractivity contribution in [3.8, 4) is 0 Å². The molecule has 21 heavy (non-hydrogen) atoms. The molecule has 2 N–H and O–H groups in total. The molecule has 0 unspecified atom stereocenters. The minimum atomic E-state index is -0.0358. The first-order chi connectivity index (χ1) is 10.1. The van der Waals surface area contributed by atoms with Crippen molar-refractivity contribution in [1.82, 2.24) is 10.3 Å². The van der Waals surface area contributed by atoms with E-state index in [0.717, 1.165) is 23.7 Å². The third-order valence-corrected chi connectivity index (χ3v) is 3.46. The molecule has 6 nitrogen and oxygen atoms in total. The van der Waals surface area contributed by atoms with Gasteiger partial charge in [-0.3, -0.25) is 4.79 Å². The lowest BCUT2D eigenvalue weighted by Gasteiger charge is -2.05. The fourth-order valence-corrected chi connectivity index (χ4v) is 2.10. The van der Waals surface area contributed by atoms with E-state index in [2.05, 4.69) is 15.6 Å². The molecule has 6 heteroatoms. The van der Waals surface area contributed by atoms with Crippen LogP contribution in [0.15, 0.2) is 22.6 Å². The highest BCUT2D eigenvalue weighted by Crippen LogP contribution is 2.27. The normalized spacial score (nSPS) is 14.4. The summed E-state index contributed by atoms with van der Waals surface area (Å²) in [6.07, 6.45) is 2.57. The summed E-state index contributed by atoms with van der Waals surface area (Å²) in [7, 11) is 3.75. The van der Waals surface area contributed by atoms with E-state index in [1.54, 1.807) is 4.90 Å². The van der Waals surface area contributed by atoms with Gasteiger partial charge in [-0.25, -0.2) is 0 Å². The molecule has 0 radical (unpaired) electrons. The Kier molecular flexibility index (Phi) is 3.79. The Hall–Kier alpha value is -2.08. The van der Waals surface area contributed by atoms with Gasteiger partial charge >= 0.3 is 0 Å². The van der Waals surface area contributed by atoms with Crippen molar-refractivity contribution in [2.24, 2.45) is 5.92 Å². The molecule has 1 heterocycles. The number of hydrogen-bond donors (Lipinski definition) is 2. The van der Waals surface area contributed by atoms with Crippen LogP contribution in [0.2, 0.25) is 0 Å². The smallest absolute Gasteiger partial charge is 0.297 e. The molecule has 1 aromatic carbocycles. The van der Waals surface area contributed by atoms with Crippen LogP contribution in [0.5, 0.6) is 0 Å². The molecule has 0 bridgehead atoms. The van der Waals surface area contributed by atoms with Crippen molar-refractivity contribution < 1.29 is 9.21 Å². The van der Waals surface area contributed by atoms with Crippen LogP contribution in [0.4, 0.5) is 11.7 Å². The minimum Gasteiger partial charge on any atom is -0.423 e. The molecule has 1 amide bonds. The summed E-state index contributed by atoms with van der Waals surface area (Å²) in [5.74, 6) is 0.736. The molecule has 1 fully saturated rings. The lowest BCUT2D eigenvalue weighted by molar-refractivity contribution is -0.115. The fraction of sp³-hybridized carbons (Fsp3) is 0.467. The van der Waals surface area contributed by atoms with Crippen LogP contribution in [0.3, 0.4) is 0 Å². The number of aromatic nitrogens is 1. The van der Waals surface area contributed by atoms with E-state index in [1.807, 2.05) is 32.3 Å². The maximum Gasteiger partial charge on any atom is 0.297 e. The number of amides is 1. The van der Waals surface area contributed by atoms with Crippen LogP contribution in [-0.4, -0.2) is 38.1 Å². The number of anilines is 2. The van der Waals surface area contributed by atoms with Crippen molar-refractivity contribution >= 4 is 28.7 Å². The van der Waals surface area contributed by atoms with Gasteiger partial charge in [0.05, 0.1) is 6.54 Å². The zero-order chi connectivity index (χ0) is 14.8. The van der Waals surface area contributed by atoms with Crippen LogP contribution in [-0.2, 0) is 4.79 Å². The van der Waals surface area contributed by atoms with Crippen molar-refractivity contribution in [2.45, 2.75) is 12.8 Å². The van der Waals surface area contributed by atoms with Crippen LogP contribution in [0.1, 0.15) is 12.8 Å². The Bertz CT molecular complexity index is 646. The number of fused-ring (bicyclic) bond motifs is 1. The predicted octanol–water partition coefficient (Wildman–Crippen LogP) is 1.83. The van der Waals surface area contributed by atoms with E-state index in [4.69, 9.17) is 4.42 Å². The van der Waals surface area contributed by atoms with Gasteiger partial charge in [0.1, 0.15) is 5.52 Å². The van der Waals surface area contributed by atoms with Gasteiger partial charge in [-0.05, 0) is 43.5 Å². The standard InChI is InChI=1S/C15H20N4O2/c1-19(2)15-18-12-7-11(5-6-13(12)21-15)17-14(20)9-16-8-10-3-4-10/h5-7,10,16H,3-4,8-9H2,1-2H3,(H,17,20). The monoisotopic (exact) mass is 288 g/mol. The second kappa shape index (κ2) is 5.73. The Morgan fingerprint density at radius 2 is 2.24 bits per heavy atom. The van der Waals surface area contributed by atoms with Crippen molar-refractivity contribution in [2.75, 3.05) is 37.4 Å². The quantitative estimate of drug-likeness (QED) is 0.848. The van der Waals surface area contributed by atoms with E-state index in [0.29, 0.717) is 18.1 Å². The van der Waals surface area contributed by atoms with E-state index in [-0.39, 0.29) is 5.91 Å². The average Bonchev–Trinajstić information content (AvgIpc) is 3.15. The Morgan fingerprint density at radius 1 is 1.43 bits per heavy atom. The number of nitrogens with zero attached hydrogens (tertiary/aromatic N) is 2. The number of rotatable bonds is 6. The number of carbonyl (C=O) groups is 1. The SMILES string of the molecule is CN(C)c1nc2cc(NC(=O)CNCC3CC3)ccc2o1. The van der Waals surface area contributed by atoms with E-state index < -0.39 is 0 Å². The van der Waals surface area contributed by atoms with E-state index in [9.17, 15) is 4.79 Å². The van der Waals surface area contributed by atoms with Crippen molar-refractivity contribution in [3.05, 3.63) is 18.2 Å². The van der Waals surface area contributed by atoms with Gasteiger partial charge < -0.3 is 20.0 Å².